The molecule has 9 heteroatoms. The van der Waals surface area contributed by atoms with Crippen molar-refractivity contribution < 1.29 is 26.9 Å². The van der Waals surface area contributed by atoms with Crippen molar-refractivity contribution in [3.05, 3.63) is 35.9 Å². The van der Waals surface area contributed by atoms with Crippen LogP contribution < -0.4 is 10.9 Å². The Morgan fingerprint density at radius 3 is 2.50 bits per heavy atom. The van der Waals surface area contributed by atoms with Gasteiger partial charge in [0.05, 0.1) is 10.8 Å². The van der Waals surface area contributed by atoms with E-state index in [1.165, 1.54) is 4.90 Å². The first-order valence-electron chi connectivity index (χ1n) is 11.6. The number of hydrazine groups is 1. The first-order chi connectivity index (χ1) is 15.4. The zero-order chi connectivity index (χ0) is 24.1. The molecule has 3 fully saturated rings. The molecule has 1 aromatic carbocycles. The average Bonchev–Trinajstić information content (AvgIpc) is 3.30. The zero-order valence-electron chi connectivity index (χ0n) is 19.5. The highest BCUT2D eigenvalue weighted by molar-refractivity contribution is 5.90. The van der Waals surface area contributed by atoms with Gasteiger partial charge in [-0.2, -0.15) is 13.2 Å². The van der Waals surface area contributed by atoms with Crippen molar-refractivity contribution in [3.8, 4) is 0 Å². The molecule has 164 valence electrons. The number of fused-ring (bicyclic) bond motifs is 1. The largest absolute Gasteiger partial charge is 0.396 e. The maximum atomic E-state index is 14.0. The first-order valence-corrected chi connectivity index (χ1v) is 10.1. The number of nitrogens with zero attached hydrogens (tertiary/aromatic N) is 2. The minimum atomic E-state index is -4.54. The fourth-order valence-corrected chi connectivity index (χ4v) is 4.97. The topological polar surface area (TPSA) is 64.7 Å². The molecule has 4 rings (SSSR count). The summed E-state index contributed by atoms with van der Waals surface area (Å²) in [7, 11) is 0. The van der Waals surface area contributed by atoms with Gasteiger partial charge in [0.25, 0.3) is 0 Å². The van der Waals surface area contributed by atoms with E-state index in [9.17, 15) is 22.8 Å². The van der Waals surface area contributed by atoms with Crippen LogP contribution in [0.4, 0.5) is 13.2 Å². The van der Waals surface area contributed by atoms with E-state index >= 15 is 0 Å². The van der Waals surface area contributed by atoms with E-state index in [-0.39, 0.29) is 32.6 Å². The summed E-state index contributed by atoms with van der Waals surface area (Å²) in [5.41, 5.74) is 1.64. The molecular weight excluding hydrogens is 397 g/mol. The third kappa shape index (κ3) is 3.58. The fraction of sp³-hybridized carbons (Fsp3) is 0.619. The van der Waals surface area contributed by atoms with Crippen LogP contribution in [-0.4, -0.2) is 60.9 Å². The number of halogens is 3. The Morgan fingerprint density at radius 1 is 1.17 bits per heavy atom. The van der Waals surface area contributed by atoms with Gasteiger partial charge in [-0.25, -0.2) is 0 Å². The summed E-state index contributed by atoms with van der Waals surface area (Å²) in [6, 6.07) is 9.11. The quantitative estimate of drug-likeness (QED) is 0.721. The lowest BCUT2D eigenvalue weighted by atomic mass is 9.95. The van der Waals surface area contributed by atoms with Crippen molar-refractivity contribution in [1.29, 1.82) is 0 Å². The summed E-state index contributed by atoms with van der Waals surface area (Å²) in [5.74, 6) is -1.85. The van der Waals surface area contributed by atoms with Crippen LogP contribution >= 0.6 is 0 Å². The maximum Gasteiger partial charge on any atom is 0.396 e. The number of carbonyl (C=O) groups excluding carboxylic acids is 2. The Labute approximate surface area is 178 Å². The van der Waals surface area contributed by atoms with Crippen molar-refractivity contribution in [1.82, 2.24) is 20.7 Å². The monoisotopic (exact) mass is 427 g/mol. The summed E-state index contributed by atoms with van der Waals surface area (Å²) in [4.78, 5) is 28.3. The molecule has 2 heterocycles. The SMILES string of the molecule is [2H]C([2H])([2H])N1CCC(C(=O)NNC(=O)[C@]23CN(Cc4ccccc4)C[C@@]2(C(F)(F)F)C3)CC1. The van der Waals surface area contributed by atoms with Crippen LogP contribution in [-0.2, 0) is 16.1 Å². The molecule has 2 amide bonds. The van der Waals surface area contributed by atoms with Crippen molar-refractivity contribution in [2.75, 3.05) is 33.2 Å². The zero-order valence-corrected chi connectivity index (χ0v) is 16.5. The molecule has 2 aliphatic heterocycles. The first kappa shape index (κ1) is 17.5. The number of carbonyl (C=O) groups is 2. The van der Waals surface area contributed by atoms with Crippen molar-refractivity contribution >= 4 is 11.8 Å². The molecule has 1 aliphatic carbocycles. The van der Waals surface area contributed by atoms with Gasteiger partial charge in [-0.05, 0) is 44.9 Å². The molecule has 0 unspecified atom stereocenters. The minimum absolute atomic E-state index is 0.0416. The second-order valence-corrected chi connectivity index (χ2v) is 8.67. The van der Waals surface area contributed by atoms with E-state index in [4.69, 9.17) is 4.11 Å². The fourth-order valence-electron chi connectivity index (χ4n) is 4.97. The lowest BCUT2D eigenvalue weighted by Crippen LogP contribution is -2.51. The second-order valence-electron chi connectivity index (χ2n) is 8.67. The van der Waals surface area contributed by atoms with Crippen LogP contribution in [0.5, 0.6) is 0 Å². The minimum Gasteiger partial charge on any atom is -0.306 e. The highest BCUT2D eigenvalue weighted by Crippen LogP contribution is 2.74. The smallest absolute Gasteiger partial charge is 0.306 e. The Morgan fingerprint density at radius 2 is 1.87 bits per heavy atom. The van der Waals surface area contributed by atoms with Crippen molar-refractivity contribution in [2.24, 2.45) is 16.7 Å². The number of hydrogen-bond donors (Lipinski definition) is 2. The van der Waals surface area contributed by atoms with Gasteiger partial charge in [-0.3, -0.25) is 25.3 Å². The van der Waals surface area contributed by atoms with Gasteiger partial charge in [0, 0.05) is 29.7 Å². The number of nitrogens with one attached hydrogen (secondary N) is 2. The standard InChI is InChI=1S/C21H27F3N4O2/c1-27-9-7-16(8-10-27)17(29)25-26-18(30)19-12-20(19,21(22,23)24)14-28(13-19)11-15-5-3-2-4-6-15/h2-6,16H,7-14H2,1H3,(H,25,29)(H,26,30)/t19-,20-/m0/s1/i1D3. The van der Waals surface area contributed by atoms with E-state index in [0.717, 1.165) is 5.56 Å². The predicted octanol–water partition coefficient (Wildman–Crippen LogP) is 1.93. The number of piperidine rings is 2. The number of rotatable bonds is 4. The van der Waals surface area contributed by atoms with Crippen LogP contribution in [0.25, 0.3) is 0 Å². The molecule has 0 bridgehead atoms. The molecule has 2 N–H and O–H groups in total. The normalized spacial score (nSPS) is 31.9. The highest BCUT2D eigenvalue weighted by atomic mass is 19.4. The molecule has 6 nitrogen and oxygen atoms in total. The summed E-state index contributed by atoms with van der Waals surface area (Å²) < 4.78 is 64.2. The molecular formula is C21H27F3N4O2. The lowest BCUT2D eigenvalue weighted by molar-refractivity contribution is -0.194. The molecule has 2 saturated heterocycles. The molecule has 0 spiro atoms. The molecule has 1 saturated carbocycles. The molecule has 1 aromatic rings. The predicted molar refractivity (Wildman–Crippen MR) is 104 cm³/mol. The van der Waals surface area contributed by atoms with Gasteiger partial charge < -0.3 is 4.90 Å². The van der Waals surface area contributed by atoms with E-state index in [1.54, 1.807) is 4.90 Å². The molecule has 0 radical (unpaired) electrons. The summed E-state index contributed by atoms with van der Waals surface area (Å²) >= 11 is 0. The van der Waals surface area contributed by atoms with Gasteiger partial charge in [0.2, 0.25) is 11.8 Å². The van der Waals surface area contributed by atoms with Gasteiger partial charge in [-0.1, -0.05) is 30.3 Å². The van der Waals surface area contributed by atoms with Crippen LogP contribution in [0.3, 0.4) is 0 Å². The van der Waals surface area contributed by atoms with Crippen LogP contribution in [0.1, 0.15) is 28.9 Å². The number of amides is 2. The number of benzene rings is 1. The van der Waals surface area contributed by atoms with Crippen LogP contribution in [0.2, 0.25) is 0 Å². The second kappa shape index (κ2) is 7.53. The third-order valence-corrected chi connectivity index (χ3v) is 6.77. The number of likely N-dealkylation sites (tertiary alicyclic amines) is 2. The van der Waals surface area contributed by atoms with Crippen molar-refractivity contribution in [3.63, 3.8) is 0 Å². The van der Waals surface area contributed by atoms with E-state index < -0.39 is 41.7 Å². The summed E-state index contributed by atoms with van der Waals surface area (Å²) in [5, 5.41) is 0. The van der Waals surface area contributed by atoms with Crippen LogP contribution in [0.15, 0.2) is 30.3 Å². The Kier molecular flexibility index (Phi) is 4.40. The molecule has 0 aromatic heterocycles. The average molecular weight is 427 g/mol. The van der Waals surface area contributed by atoms with Gasteiger partial charge >= 0.3 is 6.18 Å². The Hall–Kier alpha value is -2.13. The Bertz CT molecular complexity index is 906. The maximum absolute atomic E-state index is 14.0. The molecule has 30 heavy (non-hydrogen) atoms. The van der Waals surface area contributed by atoms with E-state index in [0.29, 0.717) is 19.4 Å². The van der Waals surface area contributed by atoms with Gasteiger partial charge in [-0.15, -0.1) is 0 Å². The number of hydrogen-bond acceptors (Lipinski definition) is 4. The van der Waals surface area contributed by atoms with E-state index in [2.05, 4.69) is 10.9 Å². The van der Waals surface area contributed by atoms with Gasteiger partial charge in [0.15, 0.2) is 0 Å². The third-order valence-electron chi connectivity index (χ3n) is 6.77. The highest BCUT2D eigenvalue weighted by Gasteiger charge is 2.86. The summed E-state index contributed by atoms with van der Waals surface area (Å²) in [6.45, 7) is -1.81. The molecule has 3 aliphatic rings. The summed E-state index contributed by atoms with van der Waals surface area (Å²) in [6.07, 6.45) is -4.25. The lowest BCUT2D eigenvalue weighted by Gasteiger charge is -2.28. The number of alkyl halides is 3. The van der Waals surface area contributed by atoms with Gasteiger partial charge in [0.1, 0.15) is 0 Å². The van der Waals surface area contributed by atoms with E-state index in [1.807, 2.05) is 30.3 Å². The molecule has 2 atom stereocenters. The van der Waals surface area contributed by atoms with Crippen LogP contribution in [0, 0.1) is 16.7 Å². The Balaban J connectivity index is 1.36. The van der Waals surface area contributed by atoms with Crippen molar-refractivity contribution in [2.45, 2.75) is 32.0 Å².